The molecule has 0 spiro atoms. The van der Waals surface area contributed by atoms with Gasteiger partial charge < -0.3 is 4.74 Å². The number of ether oxygens (including phenoxy) is 1. The summed E-state index contributed by atoms with van der Waals surface area (Å²) >= 11 is 1.70. The van der Waals surface area contributed by atoms with Gasteiger partial charge in [0.15, 0.2) is 12.4 Å². The van der Waals surface area contributed by atoms with Crippen LogP contribution in [0.15, 0.2) is 54.2 Å². The van der Waals surface area contributed by atoms with Gasteiger partial charge in [-0.05, 0) is 23.6 Å². The Morgan fingerprint density at radius 2 is 2.10 bits per heavy atom. The van der Waals surface area contributed by atoms with Crippen molar-refractivity contribution in [3.8, 4) is 5.75 Å². The van der Waals surface area contributed by atoms with Gasteiger partial charge in [0.2, 0.25) is 12.3 Å². The highest BCUT2D eigenvalue weighted by molar-refractivity contribution is 7.17. The van der Waals surface area contributed by atoms with E-state index in [0.717, 1.165) is 5.39 Å². The molecule has 0 aliphatic carbocycles. The van der Waals surface area contributed by atoms with Gasteiger partial charge in [-0.3, -0.25) is 4.79 Å². The van der Waals surface area contributed by atoms with Crippen LogP contribution in [0.5, 0.6) is 5.75 Å². The van der Waals surface area contributed by atoms with E-state index < -0.39 is 0 Å². The summed E-state index contributed by atoms with van der Waals surface area (Å²) in [7, 11) is 1.58. The van der Waals surface area contributed by atoms with Crippen molar-refractivity contribution in [3.63, 3.8) is 0 Å². The van der Waals surface area contributed by atoms with Crippen molar-refractivity contribution in [2.45, 2.75) is 6.54 Å². The largest absolute Gasteiger partial charge is 0.496 e. The molecule has 3 nitrogen and oxygen atoms in total. The van der Waals surface area contributed by atoms with Crippen molar-refractivity contribution in [1.29, 1.82) is 0 Å². The topological polar surface area (TPSA) is 30.2 Å². The lowest BCUT2D eigenvalue weighted by atomic mass is 10.1. The fraction of sp³-hybridized carbons (Fsp3) is 0.125. The second-order valence-electron chi connectivity index (χ2n) is 4.48. The van der Waals surface area contributed by atoms with Crippen LogP contribution in [-0.4, -0.2) is 12.9 Å². The summed E-state index contributed by atoms with van der Waals surface area (Å²) in [4.78, 5) is 12.4. The van der Waals surface area contributed by atoms with Crippen LogP contribution in [0.1, 0.15) is 10.4 Å². The molecule has 0 unspecified atom stereocenters. The number of benzene rings is 1. The van der Waals surface area contributed by atoms with Gasteiger partial charge in [-0.25, -0.2) is 0 Å². The number of nitrogens with zero attached hydrogens (tertiary/aromatic N) is 1. The number of fused-ring (bicyclic) bond motifs is 1. The predicted octanol–water partition coefficient (Wildman–Crippen LogP) is 3.08. The number of methoxy groups -OCH3 is 1. The van der Waals surface area contributed by atoms with Crippen LogP contribution in [0.25, 0.3) is 10.1 Å². The van der Waals surface area contributed by atoms with Gasteiger partial charge in [0.1, 0.15) is 5.75 Å². The smallest absolute Gasteiger partial charge is 0.231 e. The molecule has 0 aliphatic heterocycles. The average Bonchev–Trinajstić information content (AvgIpc) is 2.94. The van der Waals surface area contributed by atoms with Gasteiger partial charge in [-0.2, -0.15) is 4.57 Å². The summed E-state index contributed by atoms with van der Waals surface area (Å²) in [6.45, 7) is 0.312. The zero-order valence-corrected chi connectivity index (χ0v) is 11.9. The number of thiophene rings is 1. The summed E-state index contributed by atoms with van der Waals surface area (Å²) in [5.74, 6) is 0.664. The van der Waals surface area contributed by atoms with E-state index in [1.165, 1.54) is 4.70 Å². The number of pyridine rings is 1. The minimum Gasteiger partial charge on any atom is -0.496 e. The van der Waals surface area contributed by atoms with Crippen molar-refractivity contribution in [1.82, 2.24) is 0 Å². The SMILES string of the molecule is COc1ccccc1C(=O)C[n+]1ccc2sccc2c1. The van der Waals surface area contributed by atoms with Gasteiger partial charge in [0, 0.05) is 10.8 Å². The maximum absolute atomic E-state index is 12.4. The van der Waals surface area contributed by atoms with Crippen LogP contribution < -0.4 is 9.30 Å². The third-order valence-corrected chi connectivity index (χ3v) is 4.08. The first-order valence-electron chi connectivity index (χ1n) is 6.30. The number of carbonyl (C=O) groups is 1. The molecule has 0 fully saturated rings. The van der Waals surface area contributed by atoms with Gasteiger partial charge in [0.05, 0.1) is 18.1 Å². The highest BCUT2D eigenvalue weighted by Crippen LogP contribution is 2.19. The van der Waals surface area contributed by atoms with Crippen LogP contribution in [0.4, 0.5) is 0 Å². The highest BCUT2D eigenvalue weighted by Gasteiger charge is 2.16. The molecule has 2 aromatic heterocycles. The fourth-order valence-electron chi connectivity index (χ4n) is 2.18. The molecule has 2 heterocycles. The summed E-state index contributed by atoms with van der Waals surface area (Å²) < 4.78 is 8.37. The molecule has 0 atom stereocenters. The molecule has 3 aromatic rings. The third-order valence-electron chi connectivity index (χ3n) is 3.18. The van der Waals surface area contributed by atoms with Crippen LogP contribution in [0.3, 0.4) is 0 Å². The molecule has 100 valence electrons. The van der Waals surface area contributed by atoms with E-state index in [1.54, 1.807) is 30.6 Å². The van der Waals surface area contributed by atoms with E-state index in [-0.39, 0.29) is 5.78 Å². The second-order valence-corrected chi connectivity index (χ2v) is 5.43. The molecule has 0 bridgehead atoms. The third kappa shape index (κ3) is 2.42. The van der Waals surface area contributed by atoms with E-state index in [0.29, 0.717) is 17.9 Å². The van der Waals surface area contributed by atoms with Gasteiger partial charge in [0.25, 0.3) is 0 Å². The Bertz CT molecular complexity index is 764. The Balaban J connectivity index is 1.88. The van der Waals surface area contributed by atoms with Crippen molar-refractivity contribution in [2.24, 2.45) is 0 Å². The standard InChI is InChI=1S/C16H14NO2S/c1-19-15-5-3-2-4-13(15)14(18)11-17-8-6-16-12(10-17)7-9-20-16/h2-10H,11H2,1H3/q+1. The number of ketones is 1. The lowest BCUT2D eigenvalue weighted by Crippen LogP contribution is -2.37. The lowest BCUT2D eigenvalue weighted by Gasteiger charge is -2.05. The molecule has 0 saturated carbocycles. The fourth-order valence-corrected chi connectivity index (χ4v) is 2.94. The van der Waals surface area contributed by atoms with E-state index >= 15 is 0 Å². The average molecular weight is 284 g/mol. The summed E-state index contributed by atoms with van der Waals surface area (Å²) in [6, 6.07) is 11.4. The molecule has 0 radical (unpaired) electrons. The van der Waals surface area contributed by atoms with Crippen LogP contribution in [0, 0.1) is 0 Å². The Kier molecular flexibility index (Phi) is 3.48. The molecule has 20 heavy (non-hydrogen) atoms. The number of para-hydroxylation sites is 1. The number of hydrogen-bond acceptors (Lipinski definition) is 3. The van der Waals surface area contributed by atoms with Crippen LogP contribution in [0.2, 0.25) is 0 Å². The summed E-state index contributed by atoms with van der Waals surface area (Å²) in [5.41, 5.74) is 0.618. The van der Waals surface area contributed by atoms with E-state index in [9.17, 15) is 4.79 Å². The van der Waals surface area contributed by atoms with E-state index in [2.05, 4.69) is 11.4 Å². The minimum absolute atomic E-state index is 0.0435. The maximum atomic E-state index is 12.4. The molecule has 1 aromatic carbocycles. The van der Waals surface area contributed by atoms with Crippen molar-refractivity contribution >= 4 is 27.2 Å². The normalized spacial score (nSPS) is 10.7. The first-order chi connectivity index (χ1) is 9.78. The predicted molar refractivity (Wildman–Crippen MR) is 79.3 cm³/mol. The quantitative estimate of drug-likeness (QED) is 0.544. The van der Waals surface area contributed by atoms with Gasteiger partial charge in [-0.1, -0.05) is 12.1 Å². The molecular formula is C16H14NO2S+. The maximum Gasteiger partial charge on any atom is 0.231 e. The van der Waals surface area contributed by atoms with Crippen LogP contribution >= 0.6 is 11.3 Å². The Morgan fingerprint density at radius 3 is 2.95 bits per heavy atom. The van der Waals surface area contributed by atoms with Crippen LogP contribution in [-0.2, 0) is 6.54 Å². The summed E-state index contributed by atoms with van der Waals surface area (Å²) in [5, 5.41) is 3.21. The molecule has 0 amide bonds. The van der Waals surface area contributed by atoms with E-state index in [4.69, 9.17) is 4.74 Å². The highest BCUT2D eigenvalue weighted by atomic mass is 32.1. The molecule has 0 aliphatic rings. The number of Topliss-reactive ketones (excluding diaryl/α,β-unsaturated/α-hetero) is 1. The molecule has 4 heteroatoms. The van der Waals surface area contributed by atoms with Crippen molar-refractivity contribution < 1.29 is 14.1 Å². The molecule has 3 rings (SSSR count). The van der Waals surface area contributed by atoms with Gasteiger partial charge >= 0.3 is 0 Å². The van der Waals surface area contributed by atoms with Gasteiger partial charge in [-0.15, -0.1) is 11.3 Å². The number of aromatic nitrogens is 1. The number of hydrogen-bond donors (Lipinski definition) is 0. The first-order valence-corrected chi connectivity index (χ1v) is 7.18. The monoisotopic (exact) mass is 284 g/mol. The minimum atomic E-state index is 0.0435. The second kappa shape index (κ2) is 5.43. The number of rotatable bonds is 4. The zero-order chi connectivity index (χ0) is 13.9. The Hall–Kier alpha value is -2.20. The Morgan fingerprint density at radius 1 is 1.25 bits per heavy atom. The molecule has 0 saturated heterocycles. The first kappa shape index (κ1) is 12.8. The van der Waals surface area contributed by atoms with Crippen molar-refractivity contribution in [2.75, 3.05) is 7.11 Å². The zero-order valence-electron chi connectivity index (χ0n) is 11.1. The Labute approximate surface area is 121 Å². The number of carbonyl (C=O) groups excluding carboxylic acids is 1. The van der Waals surface area contributed by atoms with Crippen molar-refractivity contribution in [3.05, 3.63) is 59.7 Å². The van der Waals surface area contributed by atoms with E-state index in [1.807, 2.05) is 35.2 Å². The molecule has 0 N–H and O–H groups in total. The molecular weight excluding hydrogens is 270 g/mol. The summed E-state index contributed by atoms with van der Waals surface area (Å²) in [6.07, 6.45) is 3.94. The lowest BCUT2D eigenvalue weighted by molar-refractivity contribution is -0.681.